The molecule has 1 unspecified atom stereocenters. The second-order valence-corrected chi connectivity index (χ2v) is 9.54. The SMILES string of the molecule is Cc1ncc(-c2ccnc(C(C)(C)C#N)c2)nc1-c1nnc(-c2ccc(N3CCCC3CN)cc2)o1. The molecule has 1 aliphatic heterocycles. The van der Waals surface area contributed by atoms with Gasteiger partial charge in [-0.05, 0) is 70.0 Å². The highest BCUT2D eigenvalue weighted by molar-refractivity contribution is 5.64. The van der Waals surface area contributed by atoms with Crippen LogP contribution in [0.5, 0.6) is 0 Å². The molecule has 0 bridgehead atoms. The number of aryl methyl sites for hydroxylation is 1. The molecular weight excluding hydrogens is 452 g/mol. The number of anilines is 1. The quantitative estimate of drug-likeness (QED) is 0.429. The zero-order valence-electron chi connectivity index (χ0n) is 20.6. The Hall–Kier alpha value is -4.16. The van der Waals surface area contributed by atoms with Gasteiger partial charge in [-0.25, -0.2) is 4.98 Å². The van der Waals surface area contributed by atoms with Crippen LogP contribution in [0.2, 0.25) is 0 Å². The Labute approximate surface area is 210 Å². The summed E-state index contributed by atoms with van der Waals surface area (Å²) in [5, 5.41) is 18.0. The van der Waals surface area contributed by atoms with Gasteiger partial charge in [0.25, 0.3) is 5.89 Å². The fraction of sp³-hybridized carbons (Fsp3) is 0.333. The molecule has 182 valence electrons. The molecule has 0 saturated carbocycles. The highest BCUT2D eigenvalue weighted by atomic mass is 16.4. The van der Waals surface area contributed by atoms with Crippen molar-refractivity contribution < 1.29 is 4.42 Å². The zero-order valence-corrected chi connectivity index (χ0v) is 20.6. The molecule has 0 radical (unpaired) electrons. The first-order valence-electron chi connectivity index (χ1n) is 12.0. The number of aromatic nitrogens is 5. The smallest absolute Gasteiger partial charge is 0.268 e. The zero-order chi connectivity index (χ0) is 25.3. The van der Waals surface area contributed by atoms with Crippen molar-refractivity contribution in [2.24, 2.45) is 5.73 Å². The van der Waals surface area contributed by atoms with E-state index in [-0.39, 0.29) is 0 Å². The number of hydrogen-bond acceptors (Lipinski definition) is 9. The largest absolute Gasteiger partial charge is 0.415 e. The maximum absolute atomic E-state index is 9.47. The van der Waals surface area contributed by atoms with E-state index >= 15 is 0 Å². The summed E-state index contributed by atoms with van der Waals surface area (Å²) < 4.78 is 6.02. The van der Waals surface area contributed by atoms with Crippen LogP contribution < -0.4 is 10.6 Å². The maximum atomic E-state index is 9.47. The van der Waals surface area contributed by atoms with Crippen LogP contribution in [0, 0.1) is 18.3 Å². The molecule has 1 atom stereocenters. The minimum absolute atomic E-state index is 0.301. The Kier molecular flexibility index (Phi) is 6.20. The van der Waals surface area contributed by atoms with Gasteiger partial charge in [0, 0.05) is 42.1 Å². The van der Waals surface area contributed by atoms with Crippen molar-refractivity contribution in [1.29, 1.82) is 5.26 Å². The fourth-order valence-electron chi connectivity index (χ4n) is 4.43. The van der Waals surface area contributed by atoms with Gasteiger partial charge in [0.15, 0.2) is 0 Å². The first kappa shape index (κ1) is 23.6. The minimum Gasteiger partial charge on any atom is -0.415 e. The Morgan fingerprint density at radius 2 is 1.89 bits per heavy atom. The molecule has 1 aliphatic rings. The molecule has 1 fully saturated rings. The summed E-state index contributed by atoms with van der Waals surface area (Å²) in [5.41, 5.74) is 10.5. The lowest BCUT2D eigenvalue weighted by molar-refractivity contribution is 0.581. The number of rotatable bonds is 6. The summed E-state index contributed by atoms with van der Waals surface area (Å²) in [6.45, 7) is 7.20. The van der Waals surface area contributed by atoms with Crippen LogP contribution in [0.3, 0.4) is 0 Å². The van der Waals surface area contributed by atoms with Crippen LogP contribution in [0.15, 0.2) is 53.2 Å². The van der Waals surface area contributed by atoms with Crippen molar-refractivity contribution in [3.63, 3.8) is 0 Å². The summed E-state index contributed by atoms with van der Waals surface area (Å²) in [5.74, 6) is 0.720. The molecule has 9 nitrogen and oxygen atoms in total. The van der Waals surface area contributed by atoms with E-state index in [1.165, 1.54) is 0 Å². The maximum Gasteiger partial charge on any atom is 0.268 e. The molecule has 4 heterocycles. The van der Waals surface area contributed by atoms with Crippen LogP contribution in [-0.4, -0.2) is 44.3 Å². The Balaban J connectivity index is 1.42. The van der Waals surface area contributed by atoms with Crippen LogP contribution in [-0.2, 0) is 5.41 Å². The number of nitriles is 1. The first-order valence-corrected chi connectivity index (χ1v) is 12.0. The number of benzene rings is 1. The number of hydrogen-bond donors (Lipinski definition) is 1. The van der Waals surface area contributed by atoms with Crippen molar-refractivity contribution in [1.82, 2.24) is 25.1 Å². The summed E-state index contributed by atoms with van der Waals surface area (Å²) in [6, 6.07) is 14.5. The van der Waals surface area contributed by atoms with Crippen LogP contribution in [0.1, 0.15) is 38.1 Å². The molecular formula is C27H28N8O. The number of nitrogens with zero attached hydrogens (tertiary/aromatic N) is 7. The van der Waals surface area contributed by atoms with E-state index in [4.69, 9.17) is 15.1 Å². The van der Waals surface area contributed by atoms with E-state index in [1.54, 1.807) is 12.4 Å². The van der Waals surface area contributed by atoms with E-state index in [9.17, 15) is 5.26 Å². The normalized spacial score (nSPS) is 15.8. The summed E-state index contributed by atoms with van der Waals surface area (Å²) in [7, 11) is 0. The third kappa shape index (κ3) is 4.43. The second-order valence-electron chi connectivity index (χ2n) is 9.54. The second kappa shape index (κ2) is 9.47. The molecule has 5 rings (SSSR count). The lowest BCUT2D eigenvalue weighted by atomic mass is 9.90. The molecule has 36 heavy (non-hydrogen) atoms. The number of nitrogens with two attached hydrogens (primary N) is 1. The molecule has 2 N–H and O–H groups in total. The van der Waals surface area contributed by atoms with E-state index in [1.807, 2.05) is 45.0 Å². The van der Waals surface area contributed by atoms with E-state index in [0.717, 1.165) is 36.2 Å². The van der Waals surface area contributed by atoms with Crippen molar-refractivity contribution in [3.8, 4) is 40.4 Å². The van der Waals surface area contributed by atoms with Crippen molar-refractivity contribution in [2.75, 3.05) is 18.0 Å². The van der Waals surface area contributed by atoms with Gasteiger partial charge in [-0.15, -0.1) is 10.2 Å². The fourth-order valence-corrected chi connectivity index (χ4v) is 4.43. The van der Waals surface area contributed by atoms with Crippen molar-refractivity contribution in [3.05, 3.63) is 60.2 Å². The van der Waals surface area contributed by atoms with Gasteiger partial charge in [0.1, 0.15) is 5.69 Å². The molecule has 1 saturated heterocycles. The molecule has 9 heteroatoms. The first-order chi connectivity index (χ1) is 17.4. The van der Waals surface area contributed by atoms with Crippen LogP contribution in [0.4, 0.5) is 5.69 Å². The monoisotopic (exact) mass is 480 g/mol. The average Bonchev–Trinajstić information content (AvgIpc) is 3.59. The van der Waals surface area contributed by atoms with Crippen LogP contribution >= 0.6 is 0 Å². The lowest BCUT2D eigenvalue weighted by Gasteiger charge is -2.25. The van der Waals surface area contributed by atoms with Gasteiger partial charge in [0.2, 0.25) is 5.89 Å². The summed E-state index contributed by atoms with van der Waals surface area (Å²) in [6.07, 6.45) is 5.66. The van der Waals surface area contributed by atoms with Gasteiger partial charge in [-0.3, -0.25) is 9.97 Å². The highest BCUT2D eigenvalue weighted by Crippen LogP contribution is 2.30. The molecule has 4 aromatic rings. The Bertz CT molecular complexity index is 1420. The third-order valence-corrected chi connectivity index (χ3v) is 6.65. The highest BCUT2D eigenvalue weighted by Gasteiger charge is 2.24. The minimum atomic E-state index is -0.714. The Morgan fingerprint density at radius 3 is 2.64 bits per heavy atom. The third-order valence-electron chi connectivity index (χ3n) is 6.65. The van der Waals surface area contributed by atoms with Gasteiger partial charge >= 0.3 is 0 Å². The molecule has 3 aromatic heterocycles. The average molecular weight is 481 g/mol. The summed E-state index contributed by atoms with van der Waals surface area (Å²) in [4.78, 5) is 16.0. The van der Waals surface area contributed by atoms with Gasteiger partial charge in [-0.2, -0.15) is 5.26 Å². The predicted molar refractivity (Wildman–Crippen MR) is 137 cm³/mol. The van der Waals surface area contributed by atoms with E-state index < -0.39 is 5.41 Å². The van der Waals surface area contributed by atoms with Gasteiger partial charge < -0.3 is 15.1 Å². The van der Waals surface area contributed by atoms with Crippen molar-refractivity contribution >= 4 is 5.69 Å². The standard InChI is InChI=1S/C27H28N8O/c1-17-24(32-22(15-31-17)19-10-11-30-23(13-19)27(2,3)16-29)26-34-33-25(36-26)18-6-8-20(9-7-18)35-12-4-5-21(35)14-28/h6-11,13,15,21H,4-5,12,14,28H2,1-3H3. The molecule has 0 spiro atoms. The van der Waals surface area contributed by atoms with E-state index in [2.05, 4.69) is 43.3 Å². The molecule has 0 aliphatic carbocycles. The van der Waals surface area contributed by atoms with E-state index in [0.29, 0.717) is 47.1 Å². The van der Waals surface area contributed by atoms with Crippen LogP contribution in [0.25, 0.3) is 34.3 Å². The Morgan fingerprint density at radius 1 is 1.11 bits per heavy atom. The van der Waals surface area contributed by atoms with Gasteiger partial charge in [0.05, 0.1) is 34.8 Å². The van der Waals surface area contributed by atoms with Crippen molar-refractivity contribution in [2.45, 2.75) is 45.1 Å². The molecule has 1 aromatic carbocycles. The lowest BCUT2D eigenvalue weighted by Crippen LogP contribution is -2.35. The number of pyridine rings is 1. The topological polar surface area (TPSA) is 131 Å². The molecule has 0 amide bonds. The summed E-state index contributed by atoms with van der Waals surface area (Å²) >= 11 is 0. The predicted octanol–water partition coefficient (Wildman–Crippen LogP) is 4.29. The van der Waals surface area contributed by atoms with Gasteiger partial charge in [-0.1, -0.05) is 0 Å².